The first kappa shape index (κ1) is 14.3. The van der Waals surface area contributed by atoms with Crippen LogP contribution in [0.5, 0.6) is 0 Å². The Balaban J connectivity index is 1.70. The summed E-state index contributed by atoms with van der Waals surface area (Å²) in [6, 6.07) is 10.9. The van der Waals surface area contributed by atoms with Crippen molar-refractivity contribution >= 4 is 0 Å². The second-order valence-electron chi connectivity index (χ2n) is 5.85. The van der Waals surface area contributed by atoms with Crippen LogP contribution in [0.25, 0.3) is 5.69 Å². The summed E-state index contributed by atoms with van der Waals surface area (Å²) in [5, 5.41) is 8.06. The van der Waals surface area contributed by atoms with Gasteiger partial charge in [-0.1, -0.05) is 31.0 Å². The van der Waals surface area contributed by atoms with Gasteiger partial charge in [0.15, 0.2) is 0 Å². The Morgan fingerprint density at radius 2 is 2.05 bits per heavy atom. The number of nitrogens with two attached hydrogens (primary N) is 1. The molecule has 2 aromatic rings. The lowest BCUT2D eigenvalue weighted by atomic mass is 9.84. The molecule has 2 atom stereocenters. The lowest BCUT2D eigenvalue weighted by Crippen LogP contribution is -2.41. The molecule has 1 aliphatic carbocycles. The third kappa shape index (κ3) is 3.34. The molecule has 4 heteroatoms. The Bertz CT molecular complexity index is 550. The lowest BCUT2D eigenvalue weighted by molar-refractivity contribution is 0.267. The lowest BCUT2D eigenvalue weighted by Gasteiger charge is -2.31. The van der Waals surface area contributed by atoms with Gasteiger partial charge in [0.1, 0.15) is 0 Å². The number of aromatic nitrogens is 2. The van der Waals surface area contributed by atoms with Crippen LogP contribution in [0.15, 0.2) is 42.7 Å². The number of hydrogen-bond acceptors (Lipinski definition) is 3. The van der Waals surface area contributed by atoms with Gasteiger partial charge in [-0.25, -0.2) is 4.68 Å². The van der Waals surface area contributed by atoms with E-state index in [1.165, 1.54) is 31.2 Å². The Morgan fingerprint density at radius 1 is 1.19 bits per heavy atom. The Morgan fingerprint density at radius 3 is 2.86 bits per heavy atom. The molecule has 1 aromatic heterocycles. The third-order valence-corrected chi connectivity index (χ3v) is 4.51. The molecule has 1 heterocycles. The minimum absolute atomic E-state index is 0.550. The largest absolute Gasteiger partial charge is 0.330 e. The molecule has 4 nitrogen and oxygen atoms in total. The predicted molar refractivity (Wildman–Crippen MR) is 85.2 cm³/mol. The number of rotatable bonds is 5. The molecule has 21 heavy (non-hydrogen) atoms. The van der Waals surface area contributed by atoms with E-state index in [0.29, 0.717) is 12.0 Å². The van der Waals surface area contributed by atoms with Gasteiger partial charge in [0.05, 0.1) is 5.69 Å². The molecule has 1 aliphatic rings. The van der Waals surface area contributed by atoms with Crippen LogP contribution in [0.4, 0.5) is 0 Å². The molecule has 0 spiro atoms. The molecule has 2 unspecified atom stereocenters. The van der Waals surface area contributed by atoms with Crippen LogP contribution in [0.1, 0.15) is 31.2 Å². The molecule has 0 amide bonds. The van der Waals surface area contributed by atoms with E-state index in [4.69, 9.17) is 5.73 Å². The highest BCUT2D eigenvalue weighted by Crippen LogP contribution is 2.24. The van der Waals surface area contributed by atoms with Crippen LogP contribution in [0, 0.1) is 5.92 Å². The molecule has 3 rings (SSSR count). The summed E-state index contributed by atoms with van der Waals surface area (Å²) in [5.74, 6) is 0.621. The normalized spacial score (nSPS) is 22.3. The smallest absolute Gasteiger partial charge is 0.0690 e. The van der Waals surface area contributed by atoms with Crippen molar-refractivity contribution in [3.8, 4) is 5.69 Å². The SMILES string of the molecule is NCC1CCCCC1NCc1ccccc1-n1cccn1. The molecule has 1 aromatic carbocycles. The fourth-order valence-corrected chi connectivity index (χ4v) is 3.29. The number of benzene rings is 1. The fourth-order valence-electron chi connectivity index (χ4n) is 3.29. The van der Waals surface area contributed by atoms with Crippen LogP contribution in [0.3, 0.4) is 0 Å². The Labute approximate surface area is 126 Å². The highest BCUT2D eigenvalue weighted by atomic mass is 15.3. The van der Waals surface area contributed by atoms with Crippen molar-refractivity contribution in [1.29, 1.82) is 0 Å². The summed E-state index contributed by atoms with van der Waals surface area (Å²) < 4.78 is 1.93. The topological polar surface area (TPSA) is 55.9 Å². The van der Waals surface area contributed by atoms with Crippen molar-refractivity contribution < 1.29 is 0 Å². The van der Waals surface area contributed by atoms with E-state index in [1.54, 1.807) is 0 Å². The van der Waals surface area contributed by atoms with Gasteiger partial charge >= 0.3 is 0 Å². The van der Waals surface area contributed by atoms with E-state index in [-0.39, 0.29) is 0 Å². The van der Waals surface area contributed by atoms with E-state index in [1.807, 2.05) is 23.1 Å². The molecule has 3 N–H and O–H groups in total. The number of para-hydroxylation sites is 1. The molecule has 1 fully saturated rings. The zero-order valence-corrected chi connectivity index (χ0v) is 12.4. The summed E-state index contributed by atoms with van der Waals surface area (Å²) in [7, 11) is 0. The van der Waals surface area contributed by atoms with Crippen molar-refractivity contribution in [2.75, 3.05) is 6.54 Å². The maximum absolute atomic E-state index is 5.92. The second-order valence-corrected chi connectivity index (χ2v) is 5.85. The summed E-state index contributed by atoms with van der Waals surface area (Å²) in [6.07, 6.45) is 8.94. The van der Waals surface area contributed by atoms with Crippen LogP contribution >= 0.6 is 0 Å². The van der Waals surface area contributed by atoms with E-state index in [0.717, 1.165) is 18.8 Å². The van der Waals surface area contributed by atoms with Gasteiger partial charge in [0.25, 0.3) is 0 Å². The zero-order chi connectivity index (χ0) is 14.5. The minimum Gasteiger partial charge on any atom is -0.330 e. The average molecular weight is 284 g/mol. The van der Waals surface area contributed by atoms with Gasteiger partial charge in [-0.2, -0.15) is 5.10 Å². The number of hydrogen-bond donors (Lipinski definition) is 2. The van der Waals surface area contributed by atoms with Gasteiger partial charge < -0.3 is 11.1 Å². The van der Waals surface area contributed by atoms with Gasteiger partial charge in [-0.05, 0) is 43.0 Å². The fraction of sp³-hybridized carbons (Fsp3) is 0.471. The number of nitrogens with one attached hydrogen (secondary N) is 1. The molecule has 0 radical (unpaired) electrons. The molecular weight excluding hydrogens is 260 g/mol. The van der Waals surface area contributed by atoms with Gasteiger partial charge in [-0.3, -0.25) is 0 Å². The van der Waals surface area contributed by atoms with E-state index in [9.17, 15) is 0 Å². The first-order chi connectivity index (χ1) is 10.4. The van der Waals surface area contributed by atoms with Gasteiger partial charge in [-0.15, -0.1) is 0 Å². The second kappa shape index (κ2) is 6.87. The first-order valence-corrected chi connectivity index (χ1v) is 7.90. The van der Waals surface area contributed by atoms with Gasteiger partial charge in [0.2, 0.25) is 0 Å². The molecule has 0 aliphatic heterocycles. The van der Waals surface area contributed by atoms with Crippen molar-refractivity contribution in [3.63, 3.8) is 0 Å². The van der Waals surface area contributed by atoms with Crippen molar-refractivity contribution in [1.82, 2.24) is 15.1 Å². The maximum Gasteiger partial charge on any atom is 0.0690 e. The summed E-state index contributed by atoms with van der Waals surface area (Å²) in [5.41, 5.74) is 8.34. The highest BCUT2D eigenvalue weighted by Gasteiger charge is 2.23. The van der Waals surface area contributed by atoms with Crippen molar-refractivity contribution in [2.24, 2.45) is 11.7 Å². The average Bonchev–Trinajstić information content (AvgIpc) is 3.08. The van der Waals surface area contributed by atoms with Crippen LogP contribution < -0.4 is 11.1 Å². The molecular formula is C17H24N4. The highest BCUT2D eigenvalue weighted by molar-refractivity contribution is 5.40. The molecule has 0 bridgehead atoms. The monoisotopic (exact) mass is 284 g/mol. The van der Waals surface area contributed by atoms with E-state index in [2.05, 4.69) is 34.7 Å². The van der Waals surface area contributed by atoms with E-state index < -0.39 is 0 Å². The van der Waals surface area contributed by atoms with E-state index >= 15 is 0 Å². The number of nitrogens with zero attached hydrogens (tertiary/aromatic N) is 2. The zero-order valence-electron chi connectivity index (χ0n) is 12.4. The van der Waals surface area contributed by atoms with Crippen molar-refractivity contribution in [3.05, 3.63) is 48.3 Å². The maximum atomic E-state index is 5.92. The van der Waals surface area contributed by atoms with Gasteiger partial charge in [0, 0.05) is 25.0 Å². The Kier molecular flexibility index (Phi) is 4.68. The predicted octanol–water partition coefficient (Wildman–Crippen LogP) is 2.48. The summed E-state index contributed by atoms with van der Waals surface area (Å²) in [4.78, 5) is 0. The van der Waals surface area contributed by atoms with Crippen LogP contribution in [-0.4, -0.2) is 22.4 Å². The minimum atomic E-state index is 0.550. The Hall–Kier alpha value is -1.65. The molecule has 0 saturated heterocycles. The first-order valence-electron chi connectivity index (χ1n) is 7.90. The molecule has 1 saturated carbocycles. The summed E-state index contributed by atoms with van der Waals surface area (Å²) in [6.45, 7) is 1.66. The quantitative estimate of drug-likeness (QED) is 0.887. The molecule has 112 valence electrons. The van der Waals surface area contributed by atoms with Crippen LogP contribution in [-0.2, 0) is 6.54 Å². The third-order valence-electron chi connectivity index (χ3n) is 4.51. The summed E-state index contributed by atoms with van der Waals surface area (Å²) >= 11 is 0. The van der Waals surface area contributed by atoms with Crippen LogP contribution in [0.2, 0.25) is 0 Å². The standard InChI is InChI=1S/C17H24N4/c18-12-14-6-1-3-8-16(14)19-13-15-7-2-4-9-17(15)21-11-5-10-20-21/h2,4-5,7,9-11,14,16,19H,1,3,6,8,12-13,18H2. The van der Waals surface area contributed by atoms with Crippen molar-refractivity contribution in [2.45, 2.75) is 38.3 Å².